The SMILES string of the molecule is CC(O)Cc1coc(C2CCCC2)n1. The van der Waals surface area contributed by atoms with Crippen molar-refractivity contribution < 1.29 is 9.52 Å². The first-order chi connectivity index (χ1) is 6.75. The molecule has 78 valence electrons. The molecule has 14 heavy (non-hydrogen) atoms. The van der Waals surface area contributed by atoms with E-state index in [9.17, 15) is 5.11 Å². The van der Waals surface area contributed by atoms with Crippen LogP contribution >= 0.6 is 0 Å². The highest BCUT2D eigenvalue weighted by molar-refractivity contribution is 5.03. The lowest BCUT2D eigenvalue weighted by Crippen LogP contribution is -2.04. The molecule has 0 spiro atoms. The van der Waals surface area contributed by atoms with E-state index in [1.165, 1.54) is 25.7 Å². The summed E-state index contributed by atoms with van der Waals surface area (Å²) in [7, 11) is 0. The van der Waals surface area contributed by atoms with E-state index in [0.717, 1.165) is 11.6 Å². The van der Waals surface area contributed by atoms with Crippen LogP contribution in [0, 0.1) is 0 Å². The second kappa shape index (κ2) is 4.13. The average Bonchev–Trinajstić information content (AvgIpc) is 2.69. The first-order valence-electron chi connectivity index (χ1n) is 5.38. The lowest BCUT2D eigenvalue weighted by Gasteiger charge is -2.01. The molecular formula is C11H17NO2. The molecule has 2 rings (SSSR count). The first kappa shape index (κ1) is 9.71. The third-order valence-electron chi connectivity index (χ3n) is 2.78. The van der Waals surface area contributed by atoms with Gasteiger partial charge in [-0.25, -0.2) is 4.98 Å². The predicted octanol–water partition coefficient (Wildman–Crippen LogP) is 2.26. The Labute approximate surface area is 84.2 Å². The van der Waals surface area contributed by atoms with Crippen molar-refractivity contribution in [3.8, 4) is 0 Å². The van der Waals surface area contributed by atoms with Crippen molar-refractivity contribution in [1.82, 2.24) is 4.98 Å². The number of aliphatic hydroxyl groups is 1. The summed E-state index contributed by atoms with van der Waals surface area (Å²) >= 11 is 0. The van der Waals surface area contributed by atoms with E-state index in [2.05, 4.69) is 4.98 Å². The van der Waals surface area contributed by atoms with Crippen molar-refractivity contribution in [1.29, 1.82) is 0 Å². The van der Waals surface area contributed by atoms with Crippen molar-refractivity contribution in [2.75, 3.05) is 0 Å². The van der Waals surface area contributed by atoms with Gasteiger partial charge >= 0.3 is 0 Å². The van der Waals surface area contributed by atoms with E-state index in [1.54, 1.807) is 13.2 Å². The summed E-state index contributed by atoms with van der Waals surface area (Å²) < 4.78 is 5.43. The Balaban J connectivity index is 2.01. The molecule has 1 aliphatic carbocycles. The molecule has 3 nitrogen and oxygen atoms in total. The van der Waals surface area contributed by atoms with Gasteiger partial charge in [-0.2, -0.15) is 0 Å². The average molecular weight is 195 g/mol. The van der Waals surface area contributed by atoms with E-state index in [-0.39, 0.29) is 6.10 Å². The molecule has 0 bridgehead atoms. The van der Waals surface area contributed by atoms with Gasteiger partial charge in [0.1, 0.15) is 6.26 Å². The van der Waals surface area contributed by atoms with Crippen molar-refractivity contribution in [3.05, 3.63) is 17.8 Å². The summed E-state index contributed by atoms with van der Waals surface area (Å²) in [5, 5.41) is 9.20. The van der Waals surface area contributed by atoms with Gasteiger partial charge < -0.3 is 9.52 Å². The summed E-state index contributed by atoms with van der Waals surface area (Å²) in [6.45, 7) is 1.77. The largest absolute Gasteiger partial charge is 0.448 e. The smallest absolute Gasteiger partial charge is 0.197 e. The summed E-state index contributed by atoms with van der Waals surface area (Å²) in [4.78, 5) is 4.41. The summed E-state index contributed by atoms with van der Waals surface area (Å²) in [6.07, 6.45) is 6.92. The Bertz CT molecular complexity index is 287. The van der Waals surface area contributed by atoms with Crippen molar-refractivity contribution >= 4 is 0 Å². The fraction of sp³-hybridized carbons (Fsp3) is 0.727. The van der Waals surface area contributed by atoms with E-state index < -0.39 is 0 Å². The number of aliphatic hydroxyl groups excluding tert-OH is 1. The van der Waals surface area contributed by atoms with E-state index >= 15 is 0 Å². The third kappa shape index (κ3) is 2.15. The molecule has 1 aliphatic rings. The normalized spacial score (nSPS) is 20.1. The minimum absolute atomic E-state index is 0.337. The number of oxazole rings is 1. The molecule has 0 saturated heterocycles. The van der Waals surface area contributed by atoms with E-state index in [0.29, 0.717) is 12.3 Å². The standard InChI is InChI=1S/C11H17NO2/c1-8(13)6-10-7-14-11(12-10)9-4-2-3-5-9/h7-9,13H,2-6H2,1H3. The van der Waals surface area contributed by atoms with Gasteiger partial charge in [-0.3, -0.25) is 0 Å². The zero-order chi connectivity index (χ0) is 9.97. The van der Waals surface area contributed by atoms with Crippen molar-refractivity contribution in [2.24, 2.45) is 0 Å². The zero-order valence-corrected chi connectivity index (χ0v) is 8.57. The highest BCUT2D eigenvalue weighted by Crippen LogP contribution is 2.33. The number of nitrogens with zero attached hydrogens (tertiary/aromatic N) is 1. The minimum Gasteiger partial charge on any atom is -0.448 e. The van der Waals surface area contributed by atoms with Gasteiger partial charge in [0, 0.05) is 12.3 Å². The summed E-state index contributed by atoms with van der Waals surface area (Å²) in [5.41, 5.74) is 0.877. The lowest BCUT2D eigenvalue weighted by molar-refractivity contribution is 0.194. The van der Waals surface area contributed by atoms with Crippen LogP contribution in [0.3, 0.4) is 0 Å². The van der Waals surface area contributed by atoms with Crippen molar-refractivity contribution in [3.63, 3.8) is 0 Å². The molecule has 3 heteroatoms. The molecule has 0 aromatic carbocycles. The quantitative estimate of drug-likeness (QED) is 0.804. The maximum absolute atomic E-state index is 9.20. The Morgan fingerprint density at radius 1 is 1.57 bits per heavy atom. The fourth-order valence-corrected chi connectivity index (χ4v) is 2.08. The van der Waals surface area contributed by atoms with Crippen molar-refractivity contribution in [2.45, 2.75) is 51.0 Å². The molecular weight excluding hydrogens is 178 g/mol. The zero-order valence-electron chi connectivity index (χ0n) is 8.57. The van der Waals surface area contributed by atoms with Gasteiger partial charge in [-0.05, 0) is 19.8 Å². The Hall–Kier alpha value is -0.830. The number of aromatic nitrogens is 1. The molecule has 0 aliphatic heterocycles. The highest BCUT2D eigenvalue weighted by Gasteiger charge is 2.21. The minimum atomic E-state index is -0.337. The Morgan fingerprint density at radius 2 is 2.29 bits per heavy atom. The van der Waals surface area contributed by atoms with Crippen LogP contribution in [0.15, 0.2) is 10.7 Å². The Kier molecular flexibility index (Phi) is 2.87. The second-order valence-electron chi connectivity index (χ2n) is 4.21. The van der Waals surface area contributed by atoms with Gasteiger partial charge in [0.25, 0.3) is 0 Å². The van der Waals surface area contributed by atoms with Crippen LogP contribution in [0.2, 0.25) is 0 Å². The van der Waals surface area contributed by atoms with Crippen LogP contribution in [0.4, 0.5) is 0 Å². The van der Waals surface area contributed by atoms with Crippen LogP contribution in [-0.2, 0) is 6.42 Å². The van der Waals surface area contributed by atoms with Gasteiger partial charge in [-0.1, -0.05) is 12.8 Å². The molecule has 1 unspecified atom stereocenters. The van der Waals surface area contributed by atoms with Gasteiger partial charge in [0.2, 0.25) is 0 Å². The summed E-state index contributed by atoms with van der Waals surface area (Å²) in [6, 6.07) is 0. The molecule has 1 atom stereocenters. The number of hydrogen-bond donors (Lipinski definition) is 1. The number of rotatable bonds is 3. The summed E-state index contributed by atoms with van der Waals surface area (Å²) in [5.74, 6) is 1.40. The molecule has 1 heterocycles. The first-order valence-corrected chi connectivity index (χ1v) is 5.38. The fourth-order valence-electron chi connectivity index (χ4n) is 2.08. The predicted molar refractivity (Wildman–Crippen MR) is 53.1 cm³/mol. The molecule has 1 saturated carbocycles. The van der Waals surface area contributed by atoms with Gasteiger partial charge in [-0.15, -0.1) is 0 Å². The van der Waals surface area contributed by atoms with Gasteiger partial charge in [0.05, 0.1) is 11.8 Å². The van der Waals surface area contributed by atoms with Crippen LogP contribution in [0.25, 0.3) is 0 Å². The molecule has 1 aromatic heterocycles. The molecule has 1 fully saturated rings. The highest BCUT2D eigenvalue weighted by atomic mass is 16.3. The maximum Gasteiger partial charge on any atom is 0.197 e. The van der Waals surface area contributed by atoms with Crippen LogP contribution in [0.5, 0.6) is 0 Å². The topological polar surface area (TPSA) is 46.3 Å². The molecule has 0 radical (unpaired) electrons. The lowest BCUT2D eigenvalue weighted by atomic mass is 10.1. The molecule has 1 aromatic rings. The molecule has 0 amide bonds. The number of hydrogen-bond acceptors (Lipinski definition) is 3. The monoisotopic (exact) mass is 195 g/mol. The van der Waals surface area contributed by atoms with Crippen LogP contribution in [0.1, 0.15) is 50.1 Å². The molecule has 1 N–H and O–H groups in total. The van der Waals surface area contributed by atoms with Crippen LogP contribution in [-0.4, -0.2) is 16.2 Å². The third-order valence-corrected chi connectivity index (χ3v) is 2.78. The van der Waals surface area contributed by atoms with Crippen LogP contribution < -0.4 is 0 Å². The van der Waals surface area contributed by atoms with Gasteiger partial charge in [0.15, 0.2) is 5.89 Å². The maximum atomic E-state index is 9.20. The second-order valence-corrected chi connectivity index (χ2v) is 4.21. The van der Waals surface area contributed by atoms with E-state index in [1.807, 2.05) is 0 Å². The van der Waals surface area contributed by atoms with E-state index in [4.69, 9.17) is 4.42 Å². The Morgan fingerprint density at radius 3 is 2.93 bits per heavy atom.